The highest BCUT2D eigenvalue weighted by Gasteiger charge is 2.32. The summed E-state index contributed by atoms with van der Waals surface area (Å²) in [6.07, 6.45) is 6.77. The molecule has 2 aromatic heterocycles. The van der Waals surface area contributed by atoms with Crippen LogP contribution < -0.4 is 4.57 Å². The largest absolute Gasteiger partial charge is 0.454 e. The first kappa shape index (κ1) is 24.9. The molecular weight excluding hydrogens is 469 g/mol. The van der Waals surface area contributed by atoms with Gasteiger partial charge in [-0.3, -0.25) is 0 Å². The molecule has 1 saturated carbocycles. The van der Waals surface area contributed by atoms with Crippen molar-refractivity contribution in [1.29, 1.82) is 0 Å². The van der Waals surface area contributed by atoms with Gasteiger partial charge in [-0.15, -0.1) is 0 Å². The molecule has 0 radical (unpaired) electrons. The van der Waals surface area contributed by atoms with Gasteiger partial charge in [-0.1, -0.05) is 57.2 Å². The van der Waals surface area contributed by atoms with Crippen LogP contribution in [-0.4, -0.2) is 0 Å². The van der Waals surface area contributed by atoms with Crippen LogP contribution in [0.2, 0.25) is 0 Å². The lowest BCUT2D eigenvalue weighted by Crippen LogP contribution is -2.30. The minimum absolute atomic E-state index is 0.226. The van der Waals surface area contributed by atoms with Gasteiger partial charge in [-0.25, -0.2) is 8.96 Å². The number of furan rings is 1. The molecule has 0 spiro atoms. The first-order valence-electron chi connectivity index (χ1n) is 13.9. The molecule has 3 aromatic carbocycles. The summed E-state index contributed by atoms with van der Waals surface area (Å²) >= 11 is 0. The highest BCUT2D eigenvalue weighted by Crippen LogP contribution is 2.47. The van der Waals surface area contributed by atoms with E-state index in [4.69, 9.17) is 4.42 Å². The molecule has 1 aliphatic carbocycles. The number of aryl methyl sites for hydroxylation is 2. The number of rotatable bonds is 3. The van der Waals surface area contributed by atoms with E-state index in [0.29, 0.717) is 22.5 Å². The summed E-state index contributed by atoms with van der Waals surface area (Å²) in [6.45, 7) is 9.18. The van der Waals surface area contributed by atoms with Crippen LogP contribution in [0, 0.1) is 24.1 Å². The molecule has 0 aliphatic heterocycles. The molecule has 0 amide bonds. The normalized spacial score (nSPS) is 18.4. The molecule has 5 aromatic rings. The predicted molar refractivity (Wildman–Crippen MR) is 155 cm³/mol. The second kappa shape index (κ2) is 9.38. The minimum Gasteiger partial charge on any atom is -0.454 e. The van der Waals surface area contributed by atoms with Gasteiger partial charge in [0, 0.05) is 22.9 Å². The van der Waals surface area contributed by atoms with Crippen molar-refractivity contribution >= 4 is 21.9 Å². The van der Waals surface area contributed by atoms with Crippen molar-refractivity contribution < 1.29 is 13.4 Å². The third-order valence-corrected chi connectivity index (χ3v) is 8.90. The predicted octanol–water partition coefficient (Wildman–Crippen LogP) is 9.51. The molecular formula is C35H37FNO+. The zero-order chi connectivity index (χ0) is 26.6. The van der Waals surface area contributed by atoms with Crippen molar-refractivity contribution in [1.82, 2.24) is 0 Å². The standard InChI is InChI=1S/C35H37FNO/c1-22-13-18-27-28-19-20-29(36)32(34(28)38-33(27)31(22)30-12-8-9-21-37(30)5)26-11-7-6-10-25(26)23-14-16-24(17-15-23)35(2,3)4/h6-13,18-21,23-24H,14-17H2,1-5H3/q+1. The van der Waals surface area contributed by atoms with E-state index in [1.807, 2.05) is 37.5 Å². The Hall–Kier alpha value is -3.46. The lowest BCUT2D eigenvalue weighted by atomic mass is 9.68. The van der Waals surface area contributed by atoms with E-state index in [1.165, 1.54) is 18.4 Å². The average Bonchev–Trinajstić information content (AvgIpc) is 3.27. The number of hydrogen-bond acceptors (Lipinski definition) is 1. The number of nitrogens with zero attached hydrogens (tertiary/aromatic N) is 1. The maximum absolute atomic E-state index is 15.8. The van der Waals surface area contributed by atoms with Gasteiger partial charge in [0.15, 0.2) is 6.20 Å². The van der Waals surface area contributed by atoms with Gasteiger partial charge in [0.2, 0.25) is 5.69 Å². The molecule has 194 valence electrons. The topological polar surface area (TPSA) is 17.0 Å². The summed E-state index contributed by atoms with van der Waals surface area (Å²) in [7, 11) is 2.05. The Morgan fingerprint density at radius 3 is 2.16 bits per heavy atom. The molecule has 1 aliphatic rings. The van der Waals surface area contributed by atoms with E-state index in [1.54, 1.807) is 6.07 Å². The van der Waals surface area contributed by atoms with Crippen LogP contribution in [0.1, 0.15) is 63.5 Å². The first-order valence-corrected chi connectivity index (χ1v) is 13.9. The quantitative estimate of drug-likeness (QED) is 0.223. The van der Waals surface area contributed by atoms with Crippen molar-refractivity contribution in [3.63, 3.8) is 0 Å². The molecule has 6 rings (SSSR count). The molecule has 38 heavy (non-hydrogen) atoms. The smallest absolute Gasteiger partial charge is 0.216 e. The second-order valence-electron chi connectivity index (χ2n) is 12.2. The number of pyridine rings is 1. The van der Waals surface area contributed by atoms with Gasteiger partial charge in [-0.05, 0) is 84.7 Å². The SMILES string of the molecule is Cc1ccc2c(oc3c(-c4ccccc4C4CCC(C(C)(C)C)CC4)c(F)ccc32)c1-c1cccc[n+]1C. The molecule has 0 bridgehead atoms. The third-order valence-electron chi connectivity index (χ3n) is 8.90. The average molecular weight is 507 g/mol. The van der Waals surface area contributed by atoms with Gasteiger partial charge in [0.05, 0.1) is 11.1 Å². The molecule has 2 heterocycles. The highest BCUT2D eigenvalue weighted by molar-refractivity contribution is 6.13. The summed E-state index contributed by atoms with van der Waals surface area (Å²) in [5, 5.41) is 1.98. The molecule has 0 saturated heterocycles. The van der Waals surface area contributed by atoms with Crippen LogP contribution in [0.15, 0.2) is 77.3 Å². The lowest BCUT2D eigenvalue weighted by Gasteiger charge is -2.37. The van der Waals surface area contributed by atoms with Gasteiger partial charge in [0.1, 0.15) is 24.0 Å². The zero-order valence-electron chi connectivity index (χ0n) is 23.1. The number of benzene rings is 3. The van der Waals surface area contributed by atoms with E-state index in [9.17, 15) is 0 Å². The molecule has 0 atom stereocenters. The molecule has 3 heteroatoms. The maximum Gasteiger partial charge on any atom is 0.216 e. The van der Waals surface area contributed by atoms with Gasteiger partial charge >= 0.3 is 0 Å². The highest BCUT2D eigenvalue weighted by atomic mass is 19.1. The summed E-state index contributed by atoms with van der Waals surface area (Å²) < 4.78 is 24.6. The van der Waals surface area contributed by atoms with Crippen LogP contribution in [0.5, 0.6) is 0 Å². The van der Waals surface area contributed by atoms with E-state index in [2.05, 4.69) is 68.7 Å². The fourth-order valence-corrected chi connectivity index (χ4v) is 6.68. The third kappa shape index (κ3) is 4.13. The van der Waals surface area contributed by atoms with E-state index >= 15 is 4.39 Å². The number of hydrogen-bond donors (Lipinski definition) is 0. The van der Waals surface area contributed by atoms with Crippen molar-refractivity contribution in [2.24, 2.45) is 18.4 Å². The Balaban J connectivity index is 1.53. The maximum atomic E-state index is 15.8. The van der Waals surface area contributed by atoms with Crippen molar-refractivity contribution in [3.8, 4) is 22.4 Å². The summed E-state index contributed by atoms with van der Waals surface area (Å²) in [5.74, 6) is 0.948. The van der Waals surface area contributed by atoms with Crippen molar-refractivity contribution in [3.05, 3.63) is 89.9 Å². The Labute approximate surface area is 225 Å². The molecule has 2 nitrogen and oxygen atoms in total. The Kier molecular flexibility index (Phi) is 6.13. The molecule has 0 N–H and O–H groups in total. The van der Waals surface area contributed by atoms with Crippen LogP contribution in [0.4, 0.5) is 4.39 Å². The zero-order valence-corrected chi connectivity index (χ0v) is 23.1. The summed E-state index contributed by atoms with van der Waals surface area (Å²) in [4.78, 5) is 0. The van der Waals surface area contributed by atoms with Crippen LogP contribution in [0.3, 0.4) is 0 Å². The fraction of sp³-hybridized carbons (Fsp3) is 0.343. The number of aromatic nitrogens is 1. The summed E-state index contributed by atoms with van der Waals surface area (Å²) in [6, 6.07) is 22.3. The van der Waals surface area contributed by atoms with E-state index in [-0.39, 0.29) is 5.82 Å². The minimum atomic E-state index is -0.226. The summed E-state index contributed by atoms with van der Waals surface area (Å²) in [5.41, 5.74) is 7.87. The van der Waals surface area contributed by atoms with E-state index in [0.717, 1.165) is 57.5 Å². The lowest BCUT2D eigenvalue weighted by molar-refractivity contribution is -0.660. The van der Waals surface area contributed by atoms with Crippen molar-refractivity contribution in [2.45, 2.75) is 59.3 Å². The number of fused-ring (bicyclic) bond motifs is 3. The second-order valence-corrected chi connectivity index (χ2v) is 12.2. The van der Waals surface area contributed by atoms with Crippen LogP contribution in [0.25, 0.3) is 44.3 Å². The fourth-order valence-electron chi connectivity index (χ4n) is 6.68. The van der Waals surface area contributed by atoms with E-state index < -0.39 is 0 Å². The Morgan fingerprint density at radius 2 is 1.45 bits per heavy atom. The van der Waals surface area contributed by atoms with Gasteiger partial charge in [-0.2, -0.15) is 0 Å². The monoisotopic (exact) mass is 506 g/mol. The number of halogens is 1. The van der Waals surface area contributed by atoms with Crippen LogP contribution in [-0.2, 0) is 7.05 Å². The van der Waals surface area contributed by atoms with Crippen LogP contribution >= 0.6 is 0 Å². The van der Waals surface area contributed by atoms with Gasteiger partial charge < -0.3 is 4.42 Å². The van der Waals surface area contributed by atoms with Crippen molar-refractivity contribution in [2.75, 3.05) is 0 Å². The first-order chi connectivity index (χ1) is 18.2. The Bertz CT molecular complexity index is 1650. The Morgan fingerprint density at radius 1 is 0.789 bits per heavy atom. The molecule has 0 unspecified atom stereocenters. The van der Waals surface area contributed by atoms with Gasteiger partial charge in [0.25, 0.3) is 0 Å². The molecule has 1 fully saturated rings.